The second kappa shape index (κ2) is 8.43. The maximum atomic E-state index is 12.0. The monoisotopic (exact) mass is 344 g/mol. The number of imidazole rings is 1. The number of benzene rings is 2. The molecule has 3 aromatic rings. The largest absolute Gasteiger partial charge is 0.324 e. The summed E-state index contributed by atoms with van der Waals surface area (Å²) < 4.78 is 2.23. The molecule has 2 aromatic carbocycles. The fourth-order valence-electron chi connectivity index (χ4n) is 2.98. The lowest BCUT2D eigenvalue weighted by atomic mass is 10.1. The molecule has 0 N–H and O–H groups in total. The van der Waals surface area contributed by atoms with Gasteiger partial charge in [0.25, 0.3) is 0 Å². The molecule has 0 amide bonds. The molecule has 0 atom stereocenters. The van der Waals surface area contributed by atoms with Gasteiger partial charge in [0.2, 0.25) is 0 Å². The zero-order valence-corrected chi connectivity index (χ0v) is 15.4. The minimum absolute atomic E-state index is 0.0627. The number of ketones is 1. The van der Waals surface area contributed by atoms with Crippen LogP contribution < -0.4 is 0 Å². The highest BCUT2D eigenvalue weighted by Gasteiger charge is 2.05. The van der Waals surface area contributed by atoms with Crippen LogP contribution in [0.1, 0.15) is 35.9 Å². The van der Waals surface area contributed by atoms with E-state index in [1.165, 1.54) is 11.1 Å². The summed E-state index contributed by atoms with van der Waals surface area (Å²) in [5.74, 6) is 1.09. The lowest BCUT2D eigenvalue weighted by Crippen LogP contribution is -1.98. The van der Waals surface area contributed by atoms with Crippen LogP contribution in [0, 0.1) is 6.92 Å². The number of para-hydroxylation sites is 2. The Balaban J connectivity index is 1.55. The summed E-state index contributed by atoms with van der Waals surface area (Å²) >= 11 is 0. The summed E-state index contributed by atoms with van der Waals surface area (Å²) in [5.41, 5.74) is 4.26. The average Bonchev–Trinajstić information content (AvgIpc) is 2.99. The Morgan fingerprint density at radius 3 is 2.62 bits per heavy atom. The van der Waals surface area contributed by atoms with E-state index in [0.717, 1.165) is 36.3 Å². The van der Waals surface area contributed by atoms with Crippen molar-refractivity contribution in [3.63, 3.8) is 0 Å². The molecule has 0 saturated carbocycles. The number of hydrogen-bond acceptors (Lipinski definition) is 2. The first-order valence-corrected chi connectivity index (χ1v) is 8.98. The minimum Gasteiger partial charge on any atom is -0.324 e. The van der Waals surface area contributed by atoms with E-state index in [9.17, 15) is 4.79 Å². The molecule has 0 saturated heterocycles. The quantitative estimate of drug-likeness (QED) is 0.322. The highest BCUT2D eigenvalue weighted by molar-refractivity contribution is 6.04. The summed E-state index contributed by atoms with van der Waals surface area (Å²) in [6.45, 7) is 5.01. The van der Waals surface area contributed by atoms with Crippen LogP contribution in [0.15, 0.2) is 78.4 Å². The highest BCUT2D eigenvalue weighted by Crippen LogP contribution is 2.16. The van der Waals surface area contributed by atoms with Gasteiger partial charge in [0.05, 0.1) is 11.0 Å². The number of nitrogens with zero attached hydrogens (tertiary/aromatic N) is 2. The van der Waals surface area contributed by atoms with E-state index in [-0.39, 0.29) is 5.78 Å². The normalized spacial score (nSPS) is 12.2. The zero-order chi connectivity index (χ0) is 18.4. The van der Waals surface area contributed by atoms with E-state index >= 15 is 0 Å². The van der Waals surface area contributed by atoms with Crippen molar-refractivity contribution in [2.75, 3.05) is 0 Å². The Morgan fingerprint density at radius 2 is 1.81 bits per heavy atom. The molecule has 0 aliphatic heterocycles. The molecule has 3 nitrogen and oxygen atoms in total. The van der Waals surface area contributed by atoms with Crippen LogP contribution in [0.25, 0.3) is 11.0 Å². The van der Waals surface area contributed by atoms with Crippen molar-refractivity contribution < 1.29 is 4.79 Å². The third-order valence-electron chi connectivity index (χ3n) is 4.50. The summed E-state index contributed by atoms with van der Waals surface area (Å²) in [5, 5.41) is 0. The van der Waals surface area contributed by atoms with Crippen LogP contribution >= 0.6 is 0 Å². The predicted octanol–water partition coefficient (Wildman–Crippen LogP) is 5.51. The predicted molar refractivity (Wildman–Crippen MR) is 107 cm³/mol. The van der Waals surface area contributed by atoms with Crippen LogP contribution in [0.3, 0.4) is 0 Å². The number of fused-ring (bicyclic) bond motifs is 1. The fraction of sp³-hybridized carbons (Fsp3) is 0.217. The number of aryl methyl sites for hydroxylation is 1. The van der Waals surface area contributed by atoms with Crippen molar-refractivity contribution >= 4 is 16.8 Å². The molecule has 3 rings (SSSR count). The summed E-state index contributed by atoms with van der Waals surface area (Å²) in [4.78, 5) is 16.6. The molecule has 26 heavy (non-hydrogen) atoms. The number of carbonyl (C=O) groups is 1. The smallest absolute Gasteiger partial charge is 0.185 e. The Kier molecular flexibility index (Phi) is 5.80. The van der Waals surface area contributed by atoms with Gasteiger partial charge >= 0.3 is 0 Å². The molecule has 0 fully saturated rings. The number of allylic oxidation sites excluding steroid dienone is 4. The third-order valence-corrected chi connectivity index (χ3v) is 4.50. The third kappa shape index (κ3) is 4.37. The Bertz CT molecular complexity index is 949. The first-order valence-electron chi connectivity index (χ1n) is 8.98. The van der Waals surface area contributed by atoms with Crippen LogP contribution in [0.2, 0.25) is 0 Å². The van der Waals surface area contributed by atoms with Crippen molar-refractivity contribution in [3.8, 4) is 0 Å². The first-order chi connectivity index (χ1) is 12.6. The van der Waals surface area contributed by atoms with Crippen LogP contribution in [-0.2, 0) is 6.54 Å². The van der Waals surface area contributed by atoms with Gasteiger partial charge in [0, 0.05) is 12.1 Å². The van der Waals surface area contributed by atoms with E-state index in [1.807, 2.05) is 61.5 Å². The van der Waals surface area contributed by atoms with Gasteiger partial charge in [-0.15, -0.1) is 0 Å². The van der Waals surface area contributed by atoms with Crippen LogP contribution in [0.5, 0.6) is 0 Å². The summed E-state index contributed by atoms with van der Waals surface area (Å²) in [6, 6.07) is 17.6. The molecule has 0 aliphatic carbocycles. The maximum Gasteiger partial charge on any atom is 0.185 e. The van der Waals surface area contributed by atoms with Gasteiger partial charge < -0.3 is 4.57 Å². The fourth-order valence-corrected chi connectivity index (χ4v) is 2.98. The maximum absolute atomic E-state index is 12.0. The molecule has 0 aliphatic rings. The van der Waals surface area contributed by atoms with E-state index in [4.69, 9.17) is 0 Å². The van der Waals surface area contributed by atoms with E-state index in [2.05, 4.69) is 28.6 Å². The summed E-state index contributed by atoms with van der Waals surface area (Å²) in [6.07, 6.45) is 7.70. The van der Waals surface area contributed by atoms with Gasteiger partial charge in [-0.05, 0) is 44.9 Å². The second-order valence-electron chi connectivity index (χ2n) is 6.48. The van der Waals surface area contributed by atoms with Crippen molar-refractivity contribution in [2.45, 2.75) is 33.2 Å². The number of aromatic nitrogens is 2. The topological polar surface area (TPSA) is 34.9 Å². The molecule has 132 valence electrons. The van der Waals surface area contributed by atoms with Crippen LogP contribution in [0.4, 0.5) is 0 Å². The van der Waals surface area contributed by atoms with Gasteiger partial charge in [0.15, 0.2) is 5.78 Å². The van der Waals surface area contributed by atoms with Gasteiger partial charge in [-0.2, -0.15) is 0 Å². The van der Waals surface area contributed by atoms with Crippen molar-refractivity contribution in [1.29, 1.82) is 0 Å². The summed E-state index contributed by atoms with van der Waals surface area (Å²) in [7, 11) is 0. The van der Waals surface area contributed by atoms with E-state index in [1.54, 1.807) is 6.08 Å². The molecule has 3 heteroatoms. The Morgan fingerprint density at radius 1 is 1.08 bits per heavy atom. The molecule has 0 radical (unpaired) electrons. The molecule has 1 heterocycles. The molecular formula is C23H24N2O. The van der Waals surface area contributed by atoms with E-state index < -0.39 is 0 Å². The standard InChI is InChI=1S/C23H24N2O/c1-18(10-6-9-15-23(26)20-11-4-3-5-12-20)16-17-25-19(2)24-21-13-7-8-14-22(21)25/h3-5,7-9,11-16H,6,10,17H2,1-2H3/b15-9?,18-16+. The van der Waals surface area contributed by atoms with Crippen LogP contribution in [-0.4, -0.2) is 15.3 Å². The number of carbonyl (C=O) groups excluding carboxylic acids is 1. The Labute approximate surface area is 154 Å². The van der Waals surface area contributed by atoms with Crippen molar-refractivity contribution in [2.24, 2.45) is 0 Å². The van der Waals surface area contributed by atoms with Crippen molar-refractivity contribution in [3.05, 3.63) is 89.8 Å². The van der Waals surface area contributed by atoms with Gasteiger partial charge in [-0.25, -0.2) is 4.98 Å². The second-order valence-corrected chi connectivity index (χ2v) is 6.48. The lowest BCUT2D eigenvalue weighted by Gasteiger charge is -2.05. The van der Waals surface area contributed by atoms with Gasteiger partial charge in [-0.1, -0.05) is 60.2 Å². The van der Waals surface area contributed by atoms with Gasteiger partial charge in [0.1, 0.15) is 5.82 Å². The number of hydrogen-bond donors (Lipinski definition) is 0. The molecule has 0 spiro atoms. The van der Waals surface area contributed by atoms with Gasteiger partial charge in [-0.3, -0.25) is 4.79 Å². The molecule has 0 bridgehead atoms. The SMILES string of the molecule is C/C(=C\Cn1c(C)nc2ccccc21)CCC=CC(=O)c1ccccc1. The highest BCUT2D eigenvalue weighted by atomic mass is 16.1. The first kappa shape index (κ1) is 17.9. The Hall–Kier alpha value is -2.94. The number of rotatable bonds is 7. The average molecular weight is 344 g/mol. The molecular weight excluding hydrogens is 320 g/mol. The zero-order valence-electron chi connectivity index (χ0n) is 15.4. The lowest BCUT2D eigenvalue weighted by molar-refractivity contribution is 0.104. The van der Waals surface area contributed by atoms with E-state index in [0.29, 0.717) is 0 Å². The van der Waals surface area contributed by atoms with Crippen molar-refractivity contribution in [1.82, 2.24) is 9.55 Å². The molecule has 1 aromatic heterocycles. The molecule has 0 unspecified atom stereocenters. The minimum atomic E-state index is 0.0627.